The predicted molar refractivity (Wildman–Crippen MR) is 57.0 cm³/mol. The molecule has 1 atom stereocenters. The average molecular weight is 257 g/mol. The summed E-state index contributed by atoms with van der Waals surface area (Å²) in [5.41, 5.74) is -0.282. The molecule has 0 unspecified atom stereocenters. The van der Waals surface area contributed by atoms with Gasteiger partial charge in [-0.05, 0) is 24.6 Å². The first-order chi connectivity index (χ1) is 8.38. The SMILES string of the molecule is C[C@@H](O)c1ccnc(-n2cc(C(F)(F)F)cn2)c1. The van der Waals surface area contributed by atoms with E-state index in [-0.39, 0.29) is 5.82 Å². The van der Waals surface area contributed by atoms with E-state index in [0.29, 0.717) is 5.56 Å². The number of pyridine rings is 1. The van der Waals surface area contributed by atoms with Gasteiger partial charge < -0.3 is 5.11 Å². The van der Waals surface area contributed by atoms with Gasteiger partial charge in [-0.15, -0.1) is 0 Å². The third-order valence-corrected chi connectivity index (χ3v) is 2.40. The molecule has 0 saturated carbocycles. The van der Waals surface area contributed by atoms with Crippen LogP contribution in [0.25, 0.3) is 5.82 Å². The molecule has 0 aliphatic carbocycles. The topological polar surface area (TPSA) is 50.9 Å². The Morgan fingerprint density at radius 3 is 2.67 bits per heavy atom. The van der Waals surface area contributed by atoms with E-state index in [4.69, 9.17) is 0 Å². The van der Waals surface area contributed by atoms with E-state index in [1.807, 2.05) is 0 Å². The van der Waals surface area contributed by atoms with Gasteiger partial charge in [0, 0.05) is 12.4 Å². The minimum absolute atomic E-state index is 0.226. The molecule has 7 heteroatoms. The van der Waals surface area contributed by atoms with E-state index in [1.54, 1.807) is 13.0 Å². The van der Waals surface area contributed by atoms with Crippen LogP contribution in [-0.2, 0) is 6.18 Å². The molecule has 0 fully saturated rings. The number of aromatic nitrogens is 3. The summed E-state index contributed by atoms with van der Waals surface area (Å²) in [6.45, 7) is 1.56. The van der Waals surface area contributed by atoms with E-state index in [9.17, 15) is 18.3 Å². The first kappa shape index (κ1) is 12.6. The first-order valence-corrected chi connectivity index (χ1v) is 5.14. The van der Waals surface area contributed by atoms with Crippen molar-refractivity contribution in [3.63, 3.8) is 0 Å². The minimum Gasteiger partial charge on any atom is -0.389 e. The molecule has 96 valence electrons. The Morgan fingerprint density at radius 2 is 2.11 bits per heavy atom. The fourth-order valence-electron chi connectivity index (χ4n) is 1.41. The number of aliphatic hydroxyl groups excluding tert-OH is 1. The quantitative estimate of drug-likeness (QED) is 0.898. The lowest BCUT2D eigenvalue weighted by molar-refractivity contribution is -0.137. The van der Waals surface area contributed by atoms with Gasteiger partial charge in [0.2, 0.25) is 0 Å². The van der Waals surface area contributed by atoms with Crippen LogP contribution in [0.4, 0.5) is 13.2 Å². The van der Waals surface area contributed by atoms with Crippen LogP contribution in [0.1, 0.15) is 24.2 Å². The van der Waals surface area contributed by atoms with Crippen molar-refractivity contribution in [2.24, 2.45) is 0 Å². The summed E-state index contributed by atoms with van der Waals surface area (Å²) in [5, 5.41) is 13.0. The van der Waals surface area contributed by atoms with Gasteiger partial charge in [0.15, 0.2) is 5.82 Å². The Labute approximate surface area is 101 Å². The summed E-state index contributed by atoms with van der Waals surface area (Å²) in [7, 11) is 0. The van der Waals surface area contributed by atoms with Gasteiger partial charge in [-0.3, -0.25) is 0 Å². The standard InChI is InChI=1S/C11H10F3N3O/c1-7(18)8-2-3-15-10(4-8)17-6-9(5-16-17)11(12,13)14/h2-7,18H,1H3/t7-/m1/s1. The molecule has 18 heavy (non-hydrogen) atoms. The average Bonchev–Trinajstić information content (AvgIpc) is 2.78. The van der Waals surface area contributed by atoms with Crippen LogP contribution in [-0.4, -0.2) is 19.9 Å². The van der Waals surface area contributed by atoms with Crippen molar-refractivity contribution in [1.82, 2.24) is 14.8 Å². The molecule has 2 heterocycles. The van der Waals surface area contributed by atoms with Gasteiger partial charge in [-0.2, -0.15) is 18.3 Å². The number of hydrogen-bond donors (Lipinski definition) is 1. The van der Waals surface area contributed by atoms with Gasteiger partial charge in [-0.1, -0.05) is 0 Å². The molecular formula is C11H10F3N3O. The monoisotopic (exact) mass is 257 g/mol. The normalized spacial score (nSPS) is 13.6. The molecule has 2 rings (SSSR count). The van der Waals surface area contributed by atoms with Crippen LogP contribution in [0, 0.1) is 0 Å². The van der Waals surface area contributed by atoms with E-state index in [1.165, 1.54) is 12.3 Å². The summed E-state index contributed by atoms with van der Waals surface area (Å²) in [4.78, 5) is 3.91. The molecular weight excluding hydrogens is 247 g/mol. The summed E-state index contributed by atoms with van der Waals surface area (Å²) >= 11 is 0. The molecule has 0 radical (unpaired) electrons. The van der Waals surface area contributed by atoms with Gasteiger partial charge in [0.25, 0.3) is 0 Å². The van der Waals surface area contributed by atoms with Crippen LogP contribution in [0.2, 0.25) is 0 Å². The Bertz CT molecular complexity index is 548. The molecule has 0 aromatic carbocycles. The maximum atomic E-state index is 12.4. The molecule has 0 spiro atoms. The Balaban J connectivity index is 2.37. The fourth-order valence-corrected chi connectivity index (χ4v) is 1.41. The number of alkyl halides is 3. The molecule has 0 saturated heterocycles. The van der Waals surface area contributed by atoms with Gasteiger partial charge in [-0.25, -0.2) is 9.67 Å². The molecule has 2 aromatic rings. The summed E-state index contributed by atoms with van der Waals surface area (Å²) < 4.78 is 38.3. The molecule has 0 aliphatic rings. The van der Waals surface area contributed by atoms with Gasteiger partial charge in [0.05, 0.1) is 17.9 Å². The highest BCUT2D eigenvalue weighted by molar-refractivity contribution is 5.29. The number of hydrogen-bond acceptors (Lipinski definition) is 3. The van der Waals surface area contributed by atoms with Crippen molar-refractivity contribution in [2.45, 2.75) is 19.2 Å². The largest absolute Gasteiger partial charge is 0.419 e. The molecule has 1 N–H and O–H groups in total. The van der Waals surface area contributed by atoms with Crippen molar-refractivity contribution in [2.75, 3.05) is 0 Å². The van der Waals surface area contributed by atoms with Crippen LogP contribution in [0.5, 0.6) is 0 Å². The van der Waals surface area contributed by atoms with E-state index in [2.05, 4.69) is 10.1 Å². The highest BCUT2D eigenvalue weighted by Gasteiger charge is 2.32. The van der Waals surface area contributed by atoms with Gasteiger partial charge >= 0.3 is 6.18 Å². The highest BCUT2D eigenvalue weighted by atomic mass is 19.4. The summed E-state index contributed by atoms with van der Waals surface area (Å²) in [6, 6.07) is 3.07. The second kappa shape index (κ2) is 4.41. The Hall–Kier alpha value is -1.89. The van der Waals surface area contributed by atoms with Crippen molar-refractivity contribution < 1.29 is 18.3 Å². The third-order valence-electron chi connectivity index (χ3n) is 2.40. The highest BCUT2D eigenvalue weighted by Crippen LogP contribution is 2.29. The van der Waals surface area contributed by atoms with Crippen LogP contribution < -0.4 is 0 Å². The van der Waals surface area contributed by atoms with E-state index >= 15 is 0 Å². The van der Waals surface area contributed by atoms with Gasteiger partial charge in [0.1, 0.15) is 0 Å². The van der Waals surface area contributed by atoms with E-state index in [0.717, 1.165) is 17.1 Å². The maximum Gasteiger partial charge on any atom is 0.419 e. The lowest BCUT2D eigenvalue weighted by Gasteiger charge is -2.06. The molecule has 2 aromatic heterocycles. The van der Waals surface area contributed by atoms with E-state index < -0.39 is 17.8 Å². The van der Waals surface area contributed by atoms with Crippen molar-refractivity contribution in [1.29, 1.82) is 0 Å². The van der Waals surface area contributed by atoms with Crippen LogP contribution in [0.15, 0.2) is 30.7 Å². The number of aliphatic hydroxyl groups is 1. The predicted octanol–water partition coefficient (Wildman–Crippen LogP) is 2.34. The van der Waals surface area contributed by atoms with Crippen molar-refractivity contribution in [3.05, 3.63) is 41.9 Å². The molecule has 4 nitrogen and oxygen atoms in total. The maximum absolute atomic E-state index is 12.4. The fraction of sp³-hybridized carbons (Fsp3) is 0.273. The van der Waals surface area contributed by atoms with Crippen molar-refractivity contribution in [3.8, 4) is 5.82 Å². The number of nitrogens with zero attached hydrogens (tertiary/aromatic N) is 3. The van der Waals surface area contributed by atoms with Crippen molar-refractivity contribution >= 4 is 0 Å². The van der Waals surface area contributed by atoms with Crippen LogP contribution in [0.3, 0.4) is 0 Å². The third kappa shape index (κ3) is 2.51. The lowest BCUT2D eigenvalue weighted by Crippen LogP contribution is -2.04. The molecule has 0 aliphatic heterocycles. The Morgan fingerprint density at radius 1 is 1.39 bits per heavy atom. The smallest absolute Gasteiger partial charge is 0.389 e. The lowest BCUT2D eigenvalue weighted by atomic mass is 10.2. The van der Waals surface area contributed by atoms with Crippen LogP contribution >= 0.6 is 0 Å². The summed E-state index contributed by atoms with van der Waals surface area (Å²) in [5.74, 6) is 0.226. The second-order valence-corrected chi connectivity index (χ2v) is 3.79. The Kier molecular flexibility index (Phi) is 3.08. The summed E-state index contributed by atoms with van der Waals surface area (Å²) in [6.07, 6.45) is -2.15. The second-order valence-electron chi connectivity index (χ2n) is 3.79. The minimum atomic E-state index is -4.43. The zero-order valence-corrected chi connectivity index (χ0v) is 9.39. The number of halogens is 3. The first-order valence-electron chi connectivity index (χ1n) is 5.14. The molecule has 0 bridgehead atoms. The zero-order chi connectivity index (χ0) is 13.3. The zero-order valence-electron chi connectivity index (χ0n) is 9.39. The number of rotatable bonds is 2. The molecule has 0 amide bonds.